The van der Waals surface area contributed by atoms with Crippen molar-refractivity contribution in [2.75, 3.05) is 5.75 Å². The van der Waals surface area contributed by atoms with Gasteiger partial charge < -0.3 is 9.47 Å². The van der Waals surface area contributed by atoms with E-state index in [4.69, 9.17) is 32.7 Å². The molecule has 0 N–H and O–H groups in total. The van der Waals surface area contributed by atoms with Crippen molar-refractivity contribution in [3.05, 3.63) is 57.6 Å². The third kappa shape index (κ3) is 3.94. The van der Waals surface area contributed by atoms with Crippen LogP contribution in [0.25, 0.3) is 0 Å². The Kier molecular flexibility index (Phi) is 5.05. The Balaban J connectivity index is 1.69. The number of rotatable bonds is 4. The van der Waals surface area contributed by atoms with E-state index in [9.17, 15) is 4.79 Å². The van der Waals surface area contributed by atoms with E-state index in [1.165, 1.54) is 6.92 Å². The van der Waals surface area contributed by atoms with Gasteiger partial charge in [0.15, 0.2) is 0 Å². The van der Waals surface area contributed by atoms with Gasteiger partial charge >= 0.3 is 5.97 Å². The van der Waals surface area contributed by atoms with Crippen molar-refractivity contribution >= 4 is 40.9 Å². The molecule has 120 valence electrons. The van der Waals surface area contributed by atoms with Crippen LogP contribution in [0.15, 0.2) is 41.3 Å². The zero-order valence-electron chi connectivity index (χ0n) is 12.3. The van der Waals surface area contributed by atoms with Crippen LogP contribution < -0.4 is 4.74 Å². The monoisotopic (exact) mass is 368 g/mol. The summed E-state index contributed by atoms with van der Waals surface area (Å²) in [5.41, 5.74) is 1.91. The molecule has 2 aromatic rings. The number of thioether (sulfide) groups is 1. The molecule has 3 nitrogen and oxygen atoms in total. The highest BCUT2D eigenvalue weighted by Crippen LogP contribution is 2.42. The summed E-state index contributed by atoms with van der Waals surface area (Å²) in [6.07, 6.45) is -0.174. The quantitative estimate of drug-likeness (QED) is 0.687. The van der Waals surface area contributed by atoms with Gasteiger partial charge in [-0.1, -0.05) is 35.3 Å². The molecule has 0 aliphatic carbocycles. The summed E-state index contributed by atoms with van der Waals surface area (Å²) in [5.74, 6) is 1.23. The van der Waals surface area contributed by atoms with Gasteiger partial charge in [0.05, 0.1) is 0 Å². The minimum Gasteiger partial charge on any atom is -0.489 e. The summed E-state index contributed by atoms with van der Waals surface area (Å²) in [6, 6.07) is 11.1. The Morgan fingerprint density at radius 1 is 1.26 bits per heavy atom. The van der Waals surface area contributed by atoms with E-state index in [1.54, 1.807) is 23.9 Å². The molecule has 1 aliphatic heterocycles. The zero-order chi connectivity index (χ0) is 16.4. The van der Waals surface area contributed by atoms with E-state index in [-0.39, 0.29) is 12.1 Å². The predicted molar refractivity (Wildman–Crippen MR) is 92.5 cm³/mol. The lowest BCUT2D eigenvalue weighted by Crippen LogP contribution is -2.07. The van der Waals surface area contributed by atoms with Crippen LogP contribution in [0.5, 0.6) is 5.75 Å². The van der Waals surface area contributed by atoms with E-state index in [0.29, 0.717) is 16.7 Å². The molecule has 1 aliphatic rings. The van der Waals surface area contributed by atoms with Crippen LogP contribution in [0.1, 0.15) is 24.2 Å². The van der Waals surface area contributed by atoms with Crippen LogP contribution in [0.4, 0.5) is 0 Å². The fourth-order valence-electron chi connectivity index (χ4n) is 2.35. The lowest BCUT2D eigenvalue weighted by molar-refractivity contribution is -0.145. The molecule has 0 saturated carbocycles. The van der Waals surface area contributed by atoms with Crippen molar-refractivity contribution in [3.8, 4) is 5.75 Å². The van der Waals surface area contributed by atoms with E-state index >= 15 is 0 Å². The highest BCUT2D eigenvalue weighted by atomic mass is 35.5. The molecule has 3 rings (SSSR count). The van der Waals surface area contributed by atoms with Gasteiger partial charge in [-0.05, 0) is 24.3 Å². The molecule has 1 heterocycles. The zero-order valence-corrected chi connectivity index (χ0v) is 14.7. The molecule has 0 spiro atoms. The maximum atomic E-state index is 11.1. The second-order valence-corrected chi connectivity index (χ2v) is 7.04. The third-order valence-corrected chi connectivity index (χ3v) is 5.16. The predicted octanol–water partition coefficient (Wildman–Crippen LogP) is 5.28. The van der Waals surface area contributed by atoms with E-state index in [1.807, 2.05) is 24.3 Å². The van der Waals surface area contributed by atoms with E-state index in [2.05, 4.69) is 0 Å². The first kappa shape index (κ1) is 16.5. The summed E-state index contributed by atoms with van der Waals surface area (Å²) in [6.45, 7) is 1.79. The molecule has 0 radical (unpaired) electrons. The van der Waals surface area contributed by atoms with Crippen molar-refractivity contribution < 1.29 is 14.3 Å². The van der Waals surface area contributed by atoms with Gasteiger partial charge in [-0.15, -0.1) is 11.8 Å². The number of hydrogen-bond donors (Lipinski definition) is 0. The second kappa shape index (κ2) is 7.04. The molecular formula is C17H14Cl2O3S. The van der Waals surface area contributed by atoms with Gasteiger partial charge in [0.25, 0.3) is 0 Å². The van der Waals surface area contributed by atoms with Gasteiger partial charge in [0.1, 0.15) is 18.5 Å². The number of hydrogen-bond acceptors (Lipinski definition) is 4. The van der Waals surface area contributed by atoms with Crippen molar-refractivity contribution in [1.82, 2.24) is 0 Å². The fraction of sp³-hybridized carbons (Fsp3) is 0.235. The van der Waals surface area contributed by atoms with Crippen molar-refractivity contribution in [2.45, 2.75) is 24.5 Å². The molecule has 0 fully saturated rings. The highest BCUT2D eigenvalue weighted by Gasteiger charge is 2.26. The molecule has 23 heavy (non-hydrogen) atoms. The first-order valence-electron chi connectivity index (χ1n) is 7.03. The van der Waals surface area contributed by atoms with Gasteiger partial charge in [-0.2, -0.15) is 0 Å². The topological polar surface area (TPSA) is 35.5 Å². The number of fused-ring (bicyclic) bond motifs is 1. The van der Waals surface area contributed by atoms with Crippen LogP contribution in [-0.4, -0.2) is 11.7 Å². The maximum absolute atomic E-state index is 11.1. The van der Waals surface area contributed by atoms with Crippen LogP contribution >= 0.6 is 35.0 Å². The molecule has 2 aromatic carbocycles. The molecule has 1 unspecified atom stereocenters. The number of ether oxygens (including phenoxy) is 2. The largest absolute Gasteiger partial charge is 0.489 e. The average Bonchev–Trinajstić information content (AvgIpc) is 2.88. The third-order valence-electron chi connectivity index (χ3n) is 3.44. The van der Waals surface area contributed by atoms with Crippen molar-refractivity contribution in [2.24, 2.45) is 0 Å². The molecule has 1 atom stereocenters. The van der Waals surface area contributed by atoms with Gasteiger partial charge in [-0.3, -0.25) is 4.79 Å². The summed E-state index contributed by atoms with van der Waals surface area (Å²) < 4.78 is 11.1. The summed E-state index contributed by atoms with van der Waals surface area (Å²) in [7, 11) is 0. The maximum Gasteiger partial charge on any atom is 0.303 e. The van der Waals surface area contributed by atoms with Crippen LogP contribution in [0.2, 0.25) is 10.0 Å². The Labute approximate surface area is 148 Å². The summed E-state index contributed by atoms with van der Waals surface area (Å²) in [5, 5.41) is 1.19. The smallest absolute Gasteiger partial charge is 0.303 e. The Morgan fingerprint density at radius 2 is 2.09 bits per heavy atom. The number of carbonyl (C=O) groups is 1. The first-order chi connectivity index (χ1) is 11.0. The minimum absolute atomic E-state index is 0.174. The van der Waals surface area contributed by atoms with Crippen LogP contribution in [0.3, 0.4) is 0 Å². The molecule has 0 aromatic heterocycles. The Hall–Kier alpha value is -1.36. The Morgan fingerprint density at radius 3 is 2.83 bits per heavy atom. The molecule has 0 amide bonds. The fourth-order valence-corrected chi connectivity index (χ4v) is 3.96. The normalized spacial score (nSPS) is 16.0. The van der Waals surface area contributed by atoms with Crippen molar-refractivity contribution in [1.29, 1.82) is 0 Å². The summed E-state index contributed by atoms with van der Waals surface area (Å²) >= 11 is 13.7. The standard InChI is InChI=1S/C17H14Cl2O3S/c1-10(20)22-16-9-23-17-7-13(4-5-14(16)17)21-8-11-2-3-12(18)6-15(11)19/h2-7,16H,8-9H2,1H3. The number of esters is 1. The SMILES string of the molecule is CC(=O)OC1CSc2cc(OCc3ccc(Cl)cc3Cl)ccc21. The van der Waals surface area contributed by atoms with Gasteiger partial charge in [-0.25, -0.2) is 0 Å². The van der Waals surface area contributed by atoms with Crippen molar-refractivity contribution in [3.63, 3.8) is 0 Å². The number of carbonyl (C=O) groups excluding carboxylic acids is 1. The lowest BCUT2D eigenvalue weighted by atomic mass is 10.1. The Bertz CT molecular complexity index is 749. The number of benzene rings is 2. The molecule has 6 heteroatoms. The van der Waals surface area contributed by atoms with Gasteiger partial charge in [0.2, 0.25) is 0 Å². The van der Waals surface area contributed by atoms with Crippen LogP contribution in [0, 0.1) is 0 Å². The summed E-state index contributed by atoms with van der Waals surface area (Å²) in [4.78, 5) is 12.2. The van der Waals surface area contributed by atoms with Gasteiger partial charge in [0, 0.05) is 38.7 Å². The first-order valence-corrected chi connectivity index (χ1v) is 8.78. The lowest BCUT2D eigenvalue weighted by Gasteiger charge is -2.12. The van der Waals surface area contributed by atoms with E-state index in [0.717, 1.165) is 27.5 Å². The average molecular weight is 369 g/mol. The highest BCUT2D eigenvalue weighted by molar-refractivity contribution is 7.99. The molecule has 0 saturated heterocycles. The van der Waals surface area contributed by atoms with Crippen LogP contribution in [-0.2, 0) is 16.1 Å². The second-order valence-electron chi connectivity index (χ2n) is 5.13. The molecular weight excluding hydrogens is 355 g/mol. The minimum atomic E-state index is -0.263. The van der Waals surface area contributed by atoms with E-state index < -0.39 is 0 Å². The molecule has 0 bridgehead atoms. The number of halogens is 2.